The van der Waals surface area contributed by atoms with Crippen LogP contribution in [0.25, 0.3) is 0 Å². The molecule has 98 valence electrons. The molecule has 2 heterocycles. The third kappa shape index (κ3) is 2.36. The molecule has 0 spiro atoms. The van der Waals surface area contributed by atoms with Gasteiger partial charge in [-0.2, -0.15) is 0 Å². The maximum absolute atomic E-state index is 12.6. The average Bonchev–Trinajstić information content (AvgIpc) is 3.08. The molecular formula is C15H16N2OS. The average molecular weight is 272 g/mol. The van der Waals surface area contributed by atoms with Crippen molar-refractivity contribution >= 4 is 22.9 Å². The van der Waals surface area contributed by atoms with E-state index >= 15 is 0 Å². The van der Waals surface area contributed by atoms with Crippen LogP contribution in [0.15, 0.2) is 41.8 Å². The molecule has 0 saturated carbocycles. The SMILES string of the molecule is Nc1cccc(C(=O)N2CCCC2c2cccs2)c1. The van der Waals surface area contributed by atoms with Gasteiger partial charge in [0, 0.05) is 22.7 Å². The first-order valence-corrected chi connectivity index (χ1v) is 7.33. The number of likely N-dealkylation sites (tertiary alicyclic amines) is 1. The van der Waals surface area contributed by atoms with Gasteiger partial charge in [0.2, 0.25) is 0 Å². The maximum atomic E-state index is 12.6. The lowest BCUT2D eigenvalue weighted by Gasteiger charge is -2.24. The summed E-state index contributed by atoms with van der Waals surface area (Å²) in [6.07, 6.45) is 2.12. The summed E-state index contributed by atoms with van der Waals surface area (Å²) >= 11 is 1.72. The molecule has 2 N–H and O–H groups in total. The van der Waals surface area contributed by atoms with Crippen molar-refractivity contribution < 1.29 is 4.79 Å². The zero-order valence-electron chi connectivity index (χ0n) is 10.6. The van der Waals surface area contributed by atoms with Gasteiger partial charge in [-0.05, 0) is 42.5 Å². The fraction of sp³-hybridized carbons (Fsp3) is 0.267. The Kier molecular flexibility index (Phi) is 3.25. The van der Waals surface area contributed by atoms with Crippen molar-refractivity contribution in [3.05, 3.63) is 52.2 Å². The molecule has 1 fully saturated rings. The summed E-state index contributed by atoms with van der Waals surface area (Å²) in [7, 11) is 0. The van der Waals surface area contributed by atoms with E-state index in [4.69, 9.17) is 5.73 Å². The van der Waals surface area contributed by atoms with Crippen molar-refractivity contribution in [3.63, 3.8) is 0 Å². The highest BCUT2D eigenvalue weighted by atomic mass is 32.1. The van der Waals surface area contributed by atoms with E-state index in [9.17, 15) is 4.79 Å². The first kappa shape index (κ1) is 12.2. The summed E-state index contributed by atoms with van der Waals surface area (Å²) in [6, 6.07) is 11.6. The molecule has 1 aromatic carbocycles. The first-order chi connectivity index (χ1) is 9.25. The molecular weight excluding hydrogens is 256 g/mol. The van der Waals surface area contributed by atoms with Gasteiger partial charge >= 0.3 is 0 Å². The normalized spacial score (nSPS) is 18.7. The molecule has 0 bridgehead atoms. The molecule has 1 unspecified atom stereocenters. The molecule has 0 radical (unpaired) electrons. The predicted molar refractivity (Wildman–Crippen MR) is 78.2 cm³/mol. The minimum atomic E-state index is 0.0863. The monoisotopic (exact) mass is 272 g/mol. The lowest BCUT2D eigenvalue weighted by Crippen LogP contribution is -2.30. The van der Waals surface area contributed by atoms with Crippen molar-refractivity contribution in [1.82, 2.24) is 4.90 Å². The Labute approximate surface area is 116 Å². The zero-order valence-corrected chi connectivity index (χ0v) is 11.4. The Bertz CT molecular complexity index is 580. The Morgan fingerprint density at radius 1 is 1.32 bits per heavy atom. The number of nitrogens with two attached hydrogens (primary N) is 1. The van der Waals surface area contributed by atoms with Crippen LogP contribution < -0.4 is 5.73 Å². The Morgan fingerprint density at radius 2 is 2.21 bits per heavy atom. The number of carbonyl (C=O) groups is 1. The molecule has 3 rings (SSSR count). The highest BCUT2D eigenvalue weighted by molar-refractivity contribution is 7.10. The van der Waals surface area contributed by atoms with Gasteiger partial charge in [-0.15, -0.1) is 11.3 Å². The van der Waals surface area contributed by atoms with Gasteiger partial charge in [0.1, 0.15) is 0 Å². The Hall–Kier alpha value is -1.81. The Morgan fingerprint density at radius 3 is 2.95 bits per heavy atom. The zero-order chi connectivity index (χ0) is 13.2. The van der Waals surface area contributed by atoms with Crippen LogP contribution in [-0.4, -0.2) is 17.4 Å². The molecule has 1 aromatic heterocycles. The highest BCUT2D eigenvalue weighted by Crippen LogP contribution is 2.35. The van der Waals surface area contributed by atoms with Crippen molar-refractivity contribution in [3.8, 4) is 0 Å². The summed E-state index contributed by atoms with van der Waals surface area (Å²) in [5.41, 5.74) is 7.08. The summed E-state index contributed by atoms with van der Waals surface area (Å²) in [5, 5.41) is 2.07. The summed E-state index contributed by atoms with van der Waals surface area (Å²) < 4.78 is 0. The number of rotatable bonds is 2. The number of nitrogens with zero attached hydrogens (tertiary/aromatic N) is 1. The van der Waals surface area contributed by atoms with Crippen LogP contribution in [0.2, 0.25) is 0 Å². The van der Waals surface area contributed by atoms with E-state index in [0.717, 1.165) is 19.4 Å². The quantitative estimate of drug-likeness (QED) is 0.853. The number of hydrogen-bond donors (Lipinski definition) is 1. The smallest absolute Gasteiger partial charge is 0.254 e. The second-order valence-corrected chi connectivity index (χ2v) is 5.78. The molecule has 1 saturated heterocycles. The summed E-state index contributed by atoms with van der Waals surface area (Å²) in [6.45, 7) is 0.830. The van der Waals surface area contributed by atoms with Crippen LogP contribution in [0.5, 0.6) is 0 Å². The first-order valence-electron chi connectivity index (χ1n) is 6.45. The van der Waals surface area contributed by atoms with Gasteiger partial charge in [0.05, 0.1) is 6.04 Å². The van der Waals surface area contributed by atoms with Crippen LogP contribution in [0.1, 0.15) is 34.1 Å². The van der Waals surface area contributed by atoms with E-state index in [-0.39, 0.29) is 11.9 Å². The Balaban J connectivity index is 1.87. The van der Waals surface area contributed by atoms with E-state index in [1.807, 2.05) is 23.1 Å². The number of anilines is 1. The van der Waals surface area contributed by atoms with Crippen LogP contribution in [0, 0.1) is 0 Å². The van der Waals surface area contributed by atoms with Crippen molar-refractivity contribution in [2.45, 2.75) is 18.9 Å². The number of hydrogen-bond acceptors (Lipinski definition) is 3. The fourth-order valence-corrected chi connectivity index (χ4v) is 3.50. The van der Waals surface area contributed by atoms with Crippen molar-refractivity contribution in [2.24, 2.45) is 0 Å². The van der Waals surface area contributed by atoms with Gasteiger partial charge in [-0.1, -0.05) is 12.1 Å². The third-order valence-electron chi connectivity index (χ3n) is 3.52. The molecule has 1 amide bonds. The fourth-order valence-electron chi connectivity index (χ4n) is 2.62. The van der Waals surface area contributed by atoms with E-state index in [1.165, 1.54) is 4.88 Å². The van der Waals surface area contributed by atoms with Crippen LogP contribution in [0.3, 0.4) is 0 Å². The molecule has 1 aliphatic heterocycles. The van der Waals surface area contributed by atoms with Crippen LogP contribution in [0.4, 0.5) is 5.69 Å². The van der Waals surface area contributed by atoms with Crippen LogP contribution >= 0.6 is 11.3 Å². The topological polar surface area (TPSA) is 46.3 Å². The lowest BCUT2D eigenvalue weighted by molar-refractivity contribution is 0.0738. The second kappa shape index (κ2) is 5.05. The van der Waals surface area contributed by atoms with Gasteiger partial charge in [-0.3, -0.25) is 4.79 Å². The molecule has 19 heavy (non-hydrogen) atoms. The summed E-state index contributed by atoms with van der Waals surface area (Å²) in [5.74, 6) is 0.0863. The molecule has 0 aliphatic carbocycles. The molecule has 1 atom stereocenters. The number of thiophene rings is 1. The van der Waals surface area contributed by atoms with Crippen LogP contribution in [-0.2, 0) is 0 Å². The lowest BCUT2D eigenvalue weighted by atomic mass is 10.1. The van der Waals surface area contributed by atoms with Crippen molar-refractivity contribution in [2.75, 3.05) is 12.3 Å². The molecule has 1 aliphatic rings. The predicted octanol–water partition coefficient (Wildman–Crippen LogP) is 3.31. The minimum absolute atomic E-state index is 0.0863. The van der Waals surface area contributed by atoms with Gasteiger partial charge in [0.25, 0.3) is 5.91 Å². The maximum Gasteiger partial charge on any atom is 0.254 e. The summed E-state index contributed by atoms with van der Waals surface area (Å²) in [4.78, 5) is 15.8. The van der Waals surface area contributed by atoms with Gasteiger partial charge in [-0.25, -0.2) is 0 Å². The van der Waals surface area contributed by atoms with Gasteiger partial charge < -0.3 is 10.6 Å². The molecule has 4 heteroatoms. The van der Waals surface area contributed by atoms with Crippen molar-refractivity contribution in [1.29, 1.82) is 0 Å². The molecule has 2 aromatic rings. The van der Waals surface area contributed by atoms with E-state index in [2.05, 4.69) is 11.4 Å². The van der Waals surface area contributed by atoms with E-state index < -0.39 is 0 Å². The number of nitrogen functional groups attached to an aromatic ring is 1. The van der Waals surface area contributed by atoms with E-state index in [1.54, 1.807) is 23.5 Å². The largest absolute Gasteiger partial charge is 0.399 e. The van der Waals surface area contributed by atoms with Gasteiger partial charge in [0.15, 0.2) is 0 Å². The van der Waals surface area contributed by atoms with E-state index in [0.29, 0.717) is 11.3 Å². The molecule has 3 nitrogen and oxygen atoms in total. The second-order valence-electron chi connectivity index (χ2n) is 4.80. The highest BCUT2D eigenvalue weighted by Gasteiger charge is 2.31. The standard InChI is InChI=1S/C15H16N2OS/c16-12-5-1-4-11(10-12)15(18)17-8-2-6-13(17)14-7-3-9-19-14/h1,3-5,7,9-10,13H,2,6,8,16H2. The minimum Gasteiger partial charge on any atom is -0.399 e. The number of benzene rings is 1. The number of carbonyl (C=O) groups excluding carboxylic acids is 1. The third-order valence-corrected chi connectivity index (χ3v) is 4.49. The number of amides is 1.